The highest BCUT2D eigenvalue weighted by atomic mass is 19.1. The molecule has 1 N–H and O–H groups in total. The number of carbonyl (C=O) groups is 1. The molecular formula is C11H10F2O2. The van der Waals surface area contributed by atoms with E-state index in [-0.39, 0.29) is 5.56 Å². The van der Waals surface area contributed by atoms with E-state index in [4.69, 9.17) is 5.11 Å². The minimum absolute atomic E-state index is 0.291. The molecule has 0 aliphatic heterocycles. The summed E-state index contributed by atoms with van der Waals surface area (Å²) in [6, 6.07) is 2.34. The van der Waals surface area contributed by atoms with Gasteiger partial charge in [0.05, 0.1) is 5.41 Å². The summed E-state index contributed by atoms with van der Waals surface area (Å²) in [6.45, 7) is 1.57. The predicted octanol–water partition coefficient (Wildman–Crippen LogP) is 2.39. The maximum atomic E-state index is 13.5. The van der Waals surface area contributed by atoms with Crippen molar-refractivity contribution in [2.75, 3.05) is 0 Å². The third-order valence-electron chi connectivity index (χ3n) is 2.82. The average Bonchev–Trinajstić information content (AvgIpc) is 2.83. The summed E-state index contributed by atoms with van der Waals surface area (Å²) in [7, 11) is 0. The first-order valence-corrected chi connectivity index (χ1v) is 4.67. The molecule has 0 heterocycles. The number of hydrogen-bond acceptors (Lipinski definition) is 1. The van der Waals surface area contributed by atoms with Crippen LogP contribution in [0.25, 0.3) is 0 Å². The van der Waals surface area contributed by atoms with E-state index in [9.17, 15) is 13.6 Å². The first-order chi connectivity index (χ1) is 6.97. The summed E-state index contributed by atoms with van der Waals surface area (Å²) in [6.07, 6.45) is 0.610. The normalized spacial score (nSPS) is 17.5. The topological polar surface area (TPSA) is 37.3 Å². The lowest BCUT2D eigenvalue weighted by Gasteiger charge is -2.12. The standard InChI is InChI=1S/C11H10F2O2/c1-6-4-7(12)9(8(13)5-6)11(2-3-11)10(14)15/h4-5H,2-3H2,1H3,(H,14,15). The molecule has 1 aromatic carbocycles. The summed E-state index contributed by atoms with van der Waals surface area (Å²) in [5.74, 6) is -2.66. The van der Waals surface area contributed by atoms with Crippen LogP contribution in [0.4, 0.5) is 8.78 Å². The smallest absolute Gasteiger partial charge is 0.314 e. The van der Waals surface area contributed by atoms with Crippen molar-refractivity contribution in [2.24, 2.45) is 0 Å². The van der Waals surface area contributed by atoms with Crippen LogP contribution in [0.15, 0.2) is 12.1 Å². The van der Waals surface area contributed by atoms with Crippen molar-refractivity contribution in [3.05, 3.63) is 34.9 Å². The number of hydrogen-bond donors (Lipinski definition) is 1. The van der Waals surface area contributed by atoms with Crippen molar-refractivity contribution in [3.63, 3.8) is 0 Å². The molecule has 2 nitrogen and oxygen atoms in total. The predicted molar refractivity (Wildman–Crippen MR) is 49.6 cm³/mol. The molecule has 80 valence electrons. The van der Waals surface area contributed by atoms with Crippen molar-refractivity contribution in [1.82, 2.24) is 0 Å². The Balaban J connectivity index is 2.58. The number of aryl methyl sites for hydroxylation is 1. The first kappa shape index (κ1) is 10.1. The Morgan fingerprint density at radius 3 is 2.13 bits per heavy atom. The number of rotatable bonds is 2. The Kier molecular flexibility index (Phi) is 2.03. The maximum absolute atomic E-state index is 13.5. The van der Waals surface area contributed by atoms with Crippen molar-refractivity contribution in [1.29, 1.82) is 0 Å². The summed E-state index contributed by atoms with van der Waals surface area (Å²) in [5, 5.41) is 8.94. The molecule has 1 fully saturated rings. The first-order valence-electron chi connectivity index (χ1n) is 4.67. The summed E-state index contributed by atoms with van der Waals surface area (Å²) < 4.78 is 27.0. The molecule has 2 rings (SSSR count). The fraction of sp³-hybridized carbons (Fsp3) is 0.364. The minimum Gasteiger partial charge on any atom is -0.481 e. The van der Waals surface area contributed by atoms with Crippen LogP contribution in [-0.2, 0) is 10.2 Å². The van der Waals surface area contributed by atoms with Crippen LogP contribution in [0, 0.1) is 18.6 Å². The Morgan fingerprint density at radius 1 is 1.33 bits per heavy atom. The Hall–Kier alpha value is -1.45. The van der Waals surface area contributed by atoms with Gasteiger partial charge in [0.15, 0.2) is 0 Å². The minimum atomic E-state index is -1.32. The molecule has 0 bridgehead atoms. The fourth-order valence-electron chi connectivity index (χ4n) is 1.85. The van der Waals surface area contributed by atoms with Gasteiger partial charge in [0.1, 0.15) is 11.6 Å². The SMILES string of the molecule is Cc1cc(F)c(C2(C(=O)O)CC2)c(F)c1. The van der Waals surface area contributed by atoms with Gasteiger partial charge in [-0.2, -0.15) is 0 Å². The van der Waals surface area contributed by atoms with E-state index < -0.39 is 23.0 Å². The van der Waals surface area contributed by atoms with E-state index in [1.54, 1.807) is 6.92 Å². The number of benzene rings is 1. The third-order valence-corrected chi connectivity index (χ3v) is 2.82. The van der Waals surface area contributed by atoms with Gasteiger partial charge >= 0.3 is 5.97 Å². The molecular weight excluding hydrogens is 202 g/mol. The van der Waals surface area contributed by atoms with Crippen LogP contribution < -0.4 is 0 Å². The number of halogens is 2. The van der Waals surface area contributed by atoms with Gasteiger partial charge in [0.25, 0.3) is 0 Å². The highest BCUT2D eigenvalue weighted by molar-refractivity contribution is 5.85. The highest BCUT2D eigenvalue weighted by Gasteiger charge is 2.54. The van der Waals surface area contributed by atoms with E-state index in [1.807, 2.05) is 0 Å². The zero-order chi connectivity index (χ0) is 11.2. The lowest BCUT2D eigenvalue weighted by Crippen LogP contribution is -2.22. The van der Waals surface area contributed by atoms with E-state index in [2.05, 4.69) is 0 Å². The van der Waals surface area contributed by atoms with Crippen molar-refractivity contribution < 1.29 is 18.7 Å². The number of aliphatic carboxylic acids is 1. The molecule has 1 aromatic rings. The quantitative estimate of drug-likeness (QED) is 0.817. The van der Waals surface area contributed by atoms with Crippen molar-refractivity contribution in [2.45, 2.75) is 25.2 Å². The molecule has 1 aliphatic rings. The van der Waals surface area contributed by atoms with Crippen LogP contribution in [0.1, 0.15) is 24.0 Å². The molecule has 1 aliphatic carbocycles. The molecule has 0 atom stereocenters. The molecule has 0 amide bonds. The van der Waals surface area contributed by atoms with Gasteiger partial charge < -0.3 is 5.11 Å². The third kappa shape index (κ3) is 1.40. The molecule has 0 saturated heterocycles. The molecule has 0 radical (unpaired) electrons. The number of carboxylic acid groups (broad SMARTS) is 1. The van der Waals surface area contributed by atoms with Gasteiger partial charge in [0, 0.05) is 5.56 Å². The molecule has 4 heteroatoms. The summed E-state index contributed by atoms with van der Waals surface area (Å²) >= 11 is 0. The fourth-order valence-corrected chi connectivity index (χ4v) is 1.85. The highest BCUT2D eigenvalue weighted by Crippen LogP contribution is 2.50. The van der Waals surface area contributed by atoms with Crippen LogP contribution in [0.5, 0.6) is 0 Å². The number of carboxylic acids is 1. The molecule has 0 aromatic heterocycles. The van der Waals surface area contributed by atoms with Crippen LogP contribution >= 0.6 is 0 Å². The van der Waals surface area contributed by atoms with Gasteiger partial charge in [0.2, 0.25) is 0 Å². The lowest BCUT2D eigenvalue weighted by atomic mass is 9.94. The van der Waals surface area contributed by atoms with Gasteiger partial charge in [-0.25, -0.2) is 8.78 Å². The monoisotopic (exact) mass is 212 g/mol. The van der Waals surface area contributed by atoms with Crippen LogP contribution in [0.3, 0.4) is 0 Å². The Bertz CT molecular complexity index is 413. The zero-order valence-electron chi connectivity index (χ0n) is 8.18. The molecule has 0 spiro atoms. The Morgan fingerprint density at radius 2 is 1.80 bits per heavy atom. The van der Waals surface area contributed by atoms with Gasteiger partial charge in [-0.05, 0) is 37.5 Å². The zero-order valence-corrected chi connectivity index (χ0v) is 8.18. The molecule has 1 saturated carbocycles. The van der Waals surface area contributed by atoms with E-state index >= 15 is 0 Å². The van der Waals surface area contributed by atoms with E-state index in [0.29, 0.717) is 18.4 Å². The van der Waals surface area contributed by atoms with Gasteiger partial charge in [-0.15, -0.1) is 0 Å². The molecule has 0 unspecified atom stereocenters. The van der Waals surface area contributed by atoms with E-state index in [1.165, 1.54) is 12.1 Å². The second-order valence-corrected chi connectivity index (χ2v) is 3.99. The van der Waals surface area contributed by atoms with Crippen molar-refractivity contribution >= 4 is 5.97 Å². The van der Waals surface area contributed by atoms with Crippen molar-refractivity contribution in [3.8, 4) is 0 Å². The summed E-state index contributed by atoms with van der Waals surface area (Å²) in [4.78, 5) is 10.9. The average molecular weight is 212 g/mol. The summed E-state index contributed by atoms with van der Waals surface area (Å²) in [5.41, 5.74) is -1.16. The maximum Gasteiger partial charge on any atom is 0.314 e. The lowest BCUT2D eigenvalue weighted by molar-refractivity contribution is -0.140. The Labute approximate surface area is 85.5 Å². The molecule has 15 heavy (non-hydrogen) atoms. The largest absolute Gasteiger partial charge is 0.481 e. The van der Waals surface area contributed by atoms with Gasteiger partial charge in [-0.3, -0.25) is 4.79 Å². The second kappa shape index (κ2) is 3.02. The van der Waals surface area contributed by atoms with Crippen LogP contribution in [0.2, 0.25) is 0 Å². The second-order valence-electron chi connectivity index (χ2n) is 3.99. The van der Waals surface area contributed by atoms with Crippen LogP contribution in [-0.4, -0.2) is 11.1 Å². The van der Waals surface area contributed by atoms with Gasteiger partial charge in [-0.1, -0.05) is 0 Å². The van der Waals surface area contributed by atoms with E-state index in [0.717, 1.165) is 0 Å².